The van der Waals surface area contributed by atoms with Gasteiger partial charge in [0.2, 0.25) is 0 Å². The number of esters is 1. The Hall–Kier alpha value is -1.65. The van der Waals surface area contributed by atoms with Crippen molar-refractivity contribution in [3.63, 3.8) is 0 Å². The molecule has 1 aliphatic carbocycles. The highest BCUT2D eigenvalue weighted by atomic mass is 16.5. The largest absolute Gasteiger partial charge is 0.461 e. The average molecular weight is 208 g/mol. The molecule has 1 aliphatic rings. The molecule has 0 aliphatic heterocycles. The number of hydrogen-bond acceptors (Lipinski definition) is 4. The lowest BCUT2D eigenvalue weighted by molar-refractivity contribution is -0.118. The number of carbonyl (C=O) groups is 2. The lowest BCUT2D eigenvalue weighted by atomic mass is 9.95. The summed E-state index contributed by atoms with van der Waals surface area (Å²) in [4.78, 5) is 22.7. The number of H-pyrrole nitrogens is 1. The number of nitrogens with one attached hydrogen (secondary N) is 1. The number of ether oxygens (including phenoxy) is 1. The van der Waals surface area contributed by atoms with Crippen molar-refractivity contribution < 1.29 is 14.3 Å². The van der Waals surface area contributed by atoms with Gasteiger partial charge in [0, 0.05) is 24.1 Å². The number of aromatic amines is 1. The van der Waals surface area contributed by atoms with E-state index in [0.29, 0.717) is 31.4 Å². The number of carbonyl (C=O) groups excluding carboxylic acids is 2. The van der Waals surface area contributed by atoms with E-state index in [1.165, 1.54) is 0 Å². The lowest BCUT2D eigenvalue weighted by Gasteiger charge is -2.09. The molecule has 0 bridgehead atoms. The van der Waals surface area contributed by atoms with Crippen LogP contribution in [-0.4, -0.2) is 28.6 Å². The van der Waals surface area contributed by atoms with Crippen LogP contribution < -0.4 is 0 Å². The topological polar surface area (TPSA) is 72.0 Å². The molecule has 0 saturated carbocycles. The predicted octanol–water partition coefficient (Wildman–Crippen LogP) is 0.644. The van der Waals surface area contributed by atoms with E-state index in [2.05, 4.69) is 10.2 Å². The number of ketones is 1. The third kappa shape index (κ3) is 1.77. The summed E-state index contributed by atoms with van der Waals surface area (Å²) in [5, 5.41) is 6.68. The van der Waals surface area contributed by atoms with Crippen LogP contribution in [0.15, 0.2) is 0 Å². The molecule has 15 heavy (non-hydrogen) atoms. The molecule has 0 spiro atoms. The van der Waals surface area contributed by atoms with Gasteiger partial charge in [0.1, 0.15) is 5.78 Å². The molecule has 0 amide bonds. The standard InChI is InChI=1S/C10H12N2O3/c1-2-15-10(14)9-7-5-6(13)3-4-8(7)11-12-9/h2-5H2,1H3,(H,11,12). The zero-order valence-electron chi connectivity index (χ0n) is 8.50. The first-order valence-electron chi connectivity index (χ1n) is 4.97. The average Bonchev–Trinajstić information content (AvgIpc) is 2.60. The van der Waals surface area contributed by atoms with E-state index < -0.39 is 5.97 Å². The first kappa shape index (κ1) is 9.89. The lowest BCUT2D eigenvalue weighted by Crippen LogP contribution is -2.16. The van der Waals surface area contributed by atoms with Crippen LogP contribution in [0.25, 0.3) is 0 Å². The minimum absolute atomic E-state index is 0.148. The van der Waals surface area contributed by atoms with Crippen molar-refractivity contribution in [2.45, 2.75) is 26.2 Å². The van der Waals surface area contributed by atoms with Crippen molar-refractivity contribution >= 4 is 11.8 Å². The maximum atomic E-state index is 11.5. The highest BCUT2D eigenvalue weighted by Crippen LogP contribution is 2.20. The zero-order chi connectivity index (χ0) is 10.8. The highest BCUT2D eigenvalue weighted by Gasteiger charge is 2.25. The Morgan fingerprint density at radius 1 is 1.53 bits per heavy atom. The molecule has 0 radical (unpaired) electrons. The molecule has 0 fully saturated rings. The fourth-order valence-electron chi connectivity index (χ4n) is 1.72. The maximum Gasteiger partial charge on any atom is 0.359 e. The monoisotopic (exact) mass is 208 g/mol. The second-order valence-electron chi connectivity index (χ2n) is 3.47. The number of nitrogens with zero attached hydrogens (tertiary/aromatic N) is 1. The van der Waals surface area contributed by atoms with Crippen LogP contribution in [0, 0.1) is 0 Å². The van der Waals surface area contributed by atoms with Gasteiger partial charge in [-0.3, -0.25) is 9.89 Å². The van der Waals surface area contributed by atoms with E-state index in [9.17, 15) is 9.59 Å². The van der Waals surface area contributed by atoms with Gasteiger partial charge in [-0.05, 0) is 13.3 Å². The molecule has 2 rings (SSSR count). The summed E-state index contributed by atoms with van der Waals surface area (Å²) in [6.07, 6.45) is 1.46. The molecular weight excluding hydrogens is 196 g/mol. The van der Waals surface area contributed by atoms with Crippen molar-refractivity contribution in [1.82, 2.24) is 10.2 Å². The van der Waals surface area contributed by atoms with Crippen molar-refractivity contribution in [1.29, 1.82) is 0 Å². The van der Waals surface area contributed by atoms with E-state index in [0.717, 1.165) is 5.69 Å². The number of hydrogen-bond donors (Lipinski definition) is 1. The van der Waals surface area contributed by atoms with Gasteiger partial charge >= 0.3 is 5.97 Å². The maximum absolute atomic E-state index is 11.5. The molecule has 1 aromatic rings. The molecule has 0 aromatic carbocycles. The summed E-state index contributed by atoms with van der Waals surface area (Å²) < 4.78 is 4.85. The number of aryl methyl sites for hydroxylation is 1. The Kier molecular flexibility index (Phi) is 2.53. The molecule has 5 nitrogen and oxygen atoms in total. The van der Waals surface area contributed by atoms with Gasteiger partial charge in [0.15, 0.2) is 5.69 Å². The molecule has 80 valence electrons. The quantitative estimate of drug-likeness (QED) is 0.724. The first-order chi connectivity index (χ1) is 7.22. The number of Topliss-reactive ketones (excluding diaryl/α,β-unsaturated/α-hetero) is 1. The minimum atomic E-state index is -0.454. The first-order valence-corrected chi connectivity index (χ1v) is 4.97. The molecule has 1 heterocycles. The Morgan fingerprint density at radius 3 is 3.07 bits per heavy atom. The summed E-state index contributed by atoms with van der Waals surface area (Å²) in [6, 6.07) is 0. The van der Waals surface area contributed by atoms with Crippen molar-refractivity contribution in [2.75, 3.05) is 6.61 Å². The molecule has 0 atom stereocenters. The van der Waals surface area contributed by atoms with E-state index in [1.54, 1.807) is 6.92 Å². The fourth-order valence-corrected chi connectivity index (χ4v) is 1.72. The third-order valence-electron chi connectivity index (χ3n) is 2.45. The number of fused-ring (bicyclic) bond motifs is 1. The van der Waals surface area contributed by atoms with E-state index in [-0.39, 0.29) is 11.5 Å². The predicted molar refractivity (Wildman–Crippen MR) is 51.6 cm³/mol. The van der Waals surface area contributed by atoms with Crippen LogP contribution in [-0.2, 0) is 22.4 Å². The van der Waals surface area contributed by atoms with Gasteiger partial charge in [-0.2, -0.15) is 5.10 Å². The van der Waals surface area contributed by atoms with Gasteiger partial charge in [-0.25, -0.2) is 4.79 Å². The molecule has 0 saturated heterocycles. The minimum Gasteiger partial charge on any atom is -0.461 e. The number of aromatic nitrogens is 2. The molecule has 5 heteroatoms. The van der Waals surface area contributed by atoms with Gasteiger partial charge in [-0.15, -0.1) is 0 Å². The summed E-state index contributed by atoms with van der Waals surface area (Å²) in [6.45, 7) is 2.05. The van der Waals surface area contributed by atoms with Crippen LogP contribution in [0.2, 0.25) is 0 Å². The summed E-state index contributed by atoms with van der Waals surface area (Å²) in [7, 11) is 0. The fraction of sp³-hybridized carbons (Fsp3) is 0.500. The molecular formula is C10H12N2O3. The van der Waals surface area contributed by atoms with Crippen molar-refractivity contribution in [2.24, 2.45) is 0 Å². The van der Waals surface area contributed by atoms with Gasteiger partial charge in [0.05, 0.1) is 6.61 Å². The second-order valence-corrected chi connectivity index (χ2v) is 3.47. The third-order valence-corrected chi connectivity index (χ3v) is 2.45. The molecule has 1 aromatic heterocycles. The van der Waals surface area contributed by atoms with Gasteiger partial charge in [-0.1, -0.05) is 0 Å². The highest BCUT2D eigenvalue weighted by molar-refractivity contribution is 5.93. The normalized spacial score (nSPS) is 14.9. The van der Waals surface area contributed by atoms with Gasteiger partial charge in [0.25, 0.3) is 0 Å². The molecule has 1 N–H and O–H groups in total. The van der Waals surface area contributed by atoms with E-state index >= 15 is 0 Å². The van der Waals surface area contributed by atoms with Crippen LogP contribution in [0.3, 0.4) is 0 Å². The Morgan fingerprint density at radius 2 is 2.33 bits per heavy atom. The zero-order valence-corrected chi connectivity index (χ0v) is 8.50. The SMILES string of the molecule is CCOC(=O)c1n[nH]c2c1CC(=O)CC2. The van der Waals surface area contributed by atoms with Crippen molar-refractivity contribution in [3.05, 3.63) is 17.0 Å². The van der Waals surface area contributed by atoms with Crippen LogP contribution >= 0.6 is 0 Å². The summed E-state index contributed by atoms with van der Waals surface area (Å²) >= 11 is 0. The van der Waals surface area contributed by atoms with E-state index in [4.69, 9.17) is 4.74 Å². The summed E-state index contributed by atoms with van der Waals surface area (Å²) in [5.41, 5.74) is 1.86. The smallest absolute Gasteiger partial charge is 0.359 e. The van der Waals surface area contributed by atoms with Gasteiger partial charge < -0.3 is 4.74 Å². The Bertz CT molecular complexity index is 409. The number of rotatable bonds is 2. The Balaban J connectivity index is 2.30. The van der Waals surface area contributed by atoms with Crippen LogP contribution in [0.1, 0.15) is 35.1 Å². The Labute approximate surface area is 86.8 Å². The second kappa shape index (κ2) is 3.84. The van der Waals surface area contributed by atoms with Crippen LogP contribution in [0.5, 0.6) is 0 Å². The molecule has 0 unspecified atom stereocenters. The van der Waals surface area contributed by atoms with Crippen LogP contribution in [0.4, 0.5) is 0 Å². The van der Waals surface area contributed by atoms with Crippen molar-refractivity contribution in [3.8, 4) is 0 Å². The summed E-state index contributed by atoms with van der Waals surface area (Å²) in [5.74, 6) is -0.306. The van der Waals surface area contributed by atoms with E-state index in [1.807, 2.05) is 0 Å².